The molecule has 1 aromatic heterocycles. The van der Waals surface area contributed by atoms with E-state index in [-0.39, 0.29) is 49.5 Å². The molecule has 2 aliphatic rings. The smallest absolute Gasteiger partial charge is 0.415 e. The molecule has 0 aromatic carbocycles. The molecule has 1 unspecified atom stereocenters. The van der Waals surface area contributed by atoms with E-state index in [0.717, 1.165) is 6.04 Å². The standard InChI is InChI=1S/C17H27N5O5Si.ClH/c1-28(2,3)7-6-25-11-22-14(23)10-26-16-15(22)20-13(8-19-16)21-9-12(4-5-18)27-17(21)24;/h8,12H,4-7,9-11,18H2,1-3H3;1H. The Labute approximate surface area is 177 Å². The molecule has 2 aliphatic heterocycles. The Bertz CT molecular complexity index is 747. The van der Waals surface area contributed by atoms with Gasteiger partial charge in [0, 0.05) is 14.7 Å². The van der Waals surface area contributed by atoms with Crippen molar-refractivity contribution in [1.29, 1.82) is 0 Å². The van der Waals surface area contributed by atoms with Gasteiger partial charge in [-0.2, -0.15) is 0 Å². The first kappa shape index (κ1) is 23.3. The lowest BCUT2D eigenvalue weighted by Gasteiger charge is -2.28. The van der Waals surface area contributed by atoms with Crippen LogP contribution in [0.1, 0.15) is 6.42 Å². The highest BCUT2D eigenvalue weighted by atomic mass is 35.5. The largest absolute Gasteiger partial charge is 0.465 e. The average molecular weight is 446 g/mol. The van der Waals surface area contributed by atoms with Crippen molar-refractivity contribution in [2.45, 2.75) is 38.2 Å². The molecule has 1 fully saturated rings. The van der Waals surface area contributed by atoms with E-state index in [9.17, 15) is 9.59 Å². The number of fused-ring (bicyclic) bond motifs is 1. The summed E-state index contributed by atoms with van der Waals surface area (Å²) >= 11 is 0. The Morgan fingerprint density at radius 3 is 2.79 bits per heavy atom. The predicted octanol–water partition coefficient (Wildman–Crippen LogP) is 1.61. The number of carbonyl (C=O) groups is 2. The van der Waals surface area contributed by atoms with Gasteiger partial charge < -0.3 is 19.9 Å². The number of rotatable bonds is 8. The lowest BCUT2D eigenvalue weighted by molar-refractivity contribution is -0.122. The third-order valence-corrected chi connectivity index (χ3v) is 6.16. The third-order valence-electron chi connectivity index (χ3n) is 4.45. The molecule has 1 aromatic rings. The number of nitrogens with zero attached hydrogens (tertiary/aromatic N) is 4. The number of nitrogens with two attached hydrogens (primary N) is 1. The van der Waals surface area contributed by atoms with E-state index in [0.29, 0.717) is 31.9 Å². The third kappa shape index (κ3) is 5.78. The SMILES string of the molecule is C[Si](C)(C)CCOCN1C(=O)COc2ncc(N3CC(CCN)OC3=O)nc21.Cl. The molecule has 2 amide bonds. The molecule has 3 rings (SSSR count). The molecule has 0 bridgehead atoms. The van der Waals surface area contributed by atoms with Crippen LogP contribution in [-0.2, 0) is 14.3 Å². The van der Waals surface area contributed by atoms with Crippen LogP contribution >= 0.6 is 12.4 Å². The highest BCUT2D eigenvalue weighted by Crippen LogP contribution is 2.31. The van der Waals surface area contributed by atoms with Crippen LogP contribution in [0.25, 0.3) is 0 Å². The van der Waals surface area contributed by atoms with Crippen molar-refractivity contribution in [1.82, 2.24) is 9.97 Å². The molecule has 1 saturated heterocycles. The summed E-state index contributed by atoms with van der Waals surface area (Å²) in [7, 11) is -1.23. The number of amides is 2. The van der Waals surface area contributed by atoms with Crippen molar-refractivity contribution in [2.24, 2.45) is 5.73 Å². The van der Waals surface area contributed by atoms with Crippen LogP contribution < -0.4 is 20.3 Å². The van der Waals surface area contributed by atoms with Crippen molar-refractivity contribution in [3.05, 3.63) is 6.20 Å². The van der Waals surface area contributed by atoms with Gasteiger partial charge in [-0.1, -0.05) is 19.6 Å². The normalized spacial score (nSPS) is 18.8. The van der Waals surface area contributed by atoms with Gasteiger partial charge in [0.15, 0.2) is 12.4 Å². The van der Waals surface area contributed by atoms with E-state index in [4.69, 9.17) is 19.9 Å². The van der Waals surface area contributed by atoms with Crippen molar-refractivity contribution in [3.63, 3.8) is 0 Å². The summed E-state index contributed by atoms with van der Waals surface area (Å²) in [5, 5.41) is 0. The summed E-state index contributed by atoms with van der Waals surface area (Å²) in [6, 6.07) is 0.992. The summed E-state index contributed by atoms with van der Waals surface area (Å²) in [5.41, 5.74) is 5.54. The molecule has 0 aliphatic carbocycles. The van der Waals surface area contributed by atoms with Crippen molar-refractivity contribution in [2.75, 3.05) is 42.8 Å². The summed E-state index contributed by atoms with van der Waals surface area (Å²) in [6.07, 6.45) is 1.22. The van der Waals surface area contributed by atoms with Gasteiger partial charge in [-0.25, -0.2) is 14.8 Å². The summed E-state index contributed by atoms with van der Waals surface area (Å²) in [4.78, 5) is 35.9. The van der Waals surface area contributed by atoms with E-state index in [1.165, 1.54) is 16.0 Å². The van der Waals surface area contributed by atoms with Crippen molar-refractivity contribution < 1.29 is 23.8 Å². The molecular formula is C17H28ClN5O5Si. The van der Waals surface area contributed by atoms with E-state index in [1.54, 1.807) is 0 Å². The lowest BCUT2D eigenvalue weighted by Crippen LogP contribution is -2.42. The van der Waals surface area contributed by atoms with Crippen molar-refractivity contribution >= 4 is 44.1 Å². The Kier molecular flexibility index (Phi) is 7.80. The molecular weight excluding hydrogens is 418 g/mol. The first-order chi connectivity index (χ1) is 13.3. The minimum atomic E-state index is -1.23. The first-order valence-corrected chi connectivity index (χ1v) is 13.1. The van der Waals surface area contributed by atoms with Crippen LogP contribution in [0.5, 0.6) is 5.88 Å². The van der Waals surface area contributed by atoms with Crippen LogP contribution in [0.4, 0.5) is 16.4 Å². The minimum absolute atomic E-state index is 0. The second-order valence-corrected chi connectivity index (χ2v) is 13.6. The van der Waals surface area contributed by atoms with Gasteiger partial charge in [0.1, 0.15) is 12.8 Å². The number of aromatic nitrogens is 2. The Balaban J connectivity index is 0.00000300. The van der Waals surface area contributed by atoms with Crippen LogP contribution in [-0.4, -0.2) is 69.2 Å². The second-order valence-electron chi connectivity index (χ2n) is 8.01. The second kappa shape index (κ2) is 9.70. The average Bonchev–Trinajstić information content (AvgIpc) is 2.99. The van der Waals surface area contributed by atoms with Crippen LogP contribution in [0, 0.1) is 0 Å². The molecule has 0 saturated carbocycles. The molecule has 0 radical (unpaired) electrons. The van der Waals surface area contributed by atoms with Gasteiger partial charge in [0.05, 0.1) is 12.7 Å². The van der Waals surface area contributed by atoms with Crippen LogP contribution in [0.2, 0.25) is 25.7 Å². The summed E-state index contributed by atoms with van der Waals surface area (Å²) in [6.45, 7) is 8.06. The Hall–Kier alpha value is -1.95. The molecule has 162 valence electrons. The van der Waals surface area contributed by atoms with Gasteiger partial charge >= 0.3 is 6.09 Å². The zero-order valence-electron chi connectivity index (χ0n) is 16.9. The molecule has 10 nitrogen and oxygen atoms in total. The van der Waals surface area contributed by atoms with Crippen LogP contribution in [0.3, 0.4) is 0 Å². The Morgan fingerprint density at radius 1 is 1.34 bits per heavy atom. The maximum atomic E-state index is 12.3. The van der Waals surface area contributed by atoms with Gasteiger partial charge in [-0.15, -0.1) is 12.4 Å². The lowest BCUT2D eigenvalue weighted by atomic mass is 10.2. The highest BCUT2D eigenvalue weighted by Gasteiger charge is 2.35. The maximum absolute atomic E-state index is 12.3. The fraction of sp³-hybridized carbons (Fsp3) is 0.647. The van der Waals surface area contributed by atoms with Gasteiger partial charge in [0.2, 0.25) is 5.82 Å². The zero-order chi connectivity index (χ0) is 20.3. The number of carbonyl (C=O) groups excluding carboxylic acids is 2. The van der Waals surface area contributed by atoms with Gasteiger partial charge in [-0.3, -0.25) is 14.6 Å². The quantitative estimate of drug-likeness (QED) is 0.473. The topological polar surface area (TPSA) is 120 Å². The molecule has 1 atom stereocenters. The van der Waals surface area contributed by atoms with E-state index in [2.05, 4.69) is 29.6 Å². The maximum Gasteiger partial charge on any atom is 0.415 e. The minimum Gasteiger partial charge on any atom is -0.465 e. The van der Waals surface area contributed by atoms with Gasteiger partial charge in [-0.05, 0) is 19.0 Å². The van der Waals surface area contributed by atoms with Crippen LogP contribution in [0.15, 0.2) is 6.20 Å². The summed E-state index contributed by atoms with van der Waals surface area (Å²) < 4.78 is 16.4. The number of hydrogen-bond acceptors (Lipinski definition) is 8. The van der Waals surface area contributed by atoms with E-state index in [1.807, 2.05) is 0 Å². The predicted molar refractivity (Wildman–Crippen MR) is 113 cm³/mol. The Morgan fingerprint density at radius 2 is 2.10 bits per heavy atom. The fourth-order valence-corrected chi connectivity index (χ4v) is 3.56. The fourth-order valence-electron chi connectivity index (χ4n) is 2.81. The monoisotopic (exact) mass is 445 g/mol. The van der Waals surface area contributed by atoms with E-state index >= 15 is 0 Å². The first-order valence-electron chi connectivity index (χ1n) is 9.34. The van der Waals surface area contributed by atoms with Gasteiger partial charge in [0.25, 0.3) is 11.8 Å². The molecule has 29 heavy (non-hydrogen) atoms. The highest BCUT2D eigenvalue weighted by molar-refractivity contribution is 6.76. The van der Waals surface area contributed by atoms with E-state index < -0.39 is 14.2 Å². The number of cyclic esters (lactones) is 1. The molecule has 12 heteroatoms. The molecule has 3 heterocycles. The molecule has 2 N–H and O–H groups in total. The molecule has 0 spiro atoms. The number of halogens is 1. The number of hydrogen-bond donors (Lipinski definition) is 1. The van der Waals surface area contributed by atoms with Crippen molar-refractivity contribution in [3.8, 4) is 5.88 Å². The number of ether oxygens (including phenoxy) is 3. The number of anilines is 2. The zero-order valence-corrected chi connectivity index (χ0v) is 18.7. The summed E-state index contributed by atoms with van der Waals surface area (Å²) in [5.74, 6) is 0.519.